The number of rotatable bonds is 4. The zero-order valence-electron chi connectivity index (χ0n) is 15.2. The van der Waals surface area contributed by atoms with Gasteiger partial charge in [-0.3, -0.25) is 4.79 Å². The van der Waals surface area contributed by atoms with Gasteiger partial charge < -0.3 is 9.47 Å². The molecule has 1 amide bonds. The first-order valence-electron chi connectivity index (χ1n) is 9.12. The van der Waals surface area contributed by atoms with E-state index in [0.717, 1.165) is 23.2 Å². The molecule has 6 nitrogen and oxygen atoms in total. The van der Waals surface area contributed by atoms with Gasteiger partial charge in [-0.05, 0) is 49.2 Å². The van der Waals surface area contributed by atoms with E-state index in [1.54, 1.807) is 15.8 Å². The number of halogens is 1. The summed E-state index contributed by atoms with van der Waals surface area (Å²) in [6, 6.07) is 12.5. The van der Waals surface area contributed by atoms with E-state index in [9.17, 15) is 17.6 Å². The second kappa shape index (κ2) is 7.35. The van der Waals surface area contributed by atoms with Gasteiger partial charge in [0.25, 0.3) is 0 Å². The van der Waals surface area contributed by atoms with Crippen molar-refractivity contribution >= 4 is 26.8 Å². The topological polar surface area (TPSA) is 72.3 Å². The van der Waals surface area contributed by atoms with Gasteiger partial charge in [0.05, 0.1) is 27.5 Å². The molecule has 146 valence electrons. The Morgan fingerprint density at radius 2 is 1.75 bits per heavy atom. The summed E-state index contributed by atoms with van der Waals surface area (Å²) in [6.07, 6.45) is 2.39. The van der Waals surface area contributed by atoms with Crippen molar-refractivity contribution in [2.24, 2.45) is 0 Å². The molecular formula is C20H20FN3O3S. The lowest BCUT2D eigenvalue weighted by Crippen LogP contribution is -2.43. The maximum absolute atomic E-state index is 13.1. The number of aromatic nitrogens is 2. The van der Waals surface area contributed by atoms with Gasteiger partial charge in [-0.2, -0.15) is 0 Å². The Morgan fingerprint density at radius 3 is 2.46 bits per heavy atom. The van der Waals surface area contributed by atoms with Gasteiger partial charge in [0, 0.05) is 13.1 Å². The first-order valence-corrected chi connectivity index (χ1v) is 10.7. The smallest absolute Gasteiger partial charge is 0.242 e. The quantitative estimate of drug-likeness (QED) is 0.630. The highest BCUT2D eigenvalue weighted by atomic mass is 32.2. The fourth-order valence-electron chi connectivity index (χ4n) is 3.61. The van der Waals surface area contributed by atoms with Crippen LogP contribution >= 0.6 is 0 Å². The van der Waals surface area contributed by atoms with Crippen molar-refractivity contribution in [2.75, 3.05) is 13.1 Å². The fraction of sp³-hybridized carbons (Fsp3) is 0.300. The van der Waals surface area contributed by atoms with Gasteiger partial charge in [0.1, 0.15) is 12.4 Å². The van der Waals surface area contributed by atoms with E-state index in [2.05, 4.69) is 4.98 Å². The molecule has 0 saturated carbocycles. The number of carbonyl (C=O) groups is 1. The molecule has 1 saturated heterocycles. The van der Waals surface area contributed by atoms with Gasteiger partial charge >= 0.3 is 0 Å². The van der Waals surface area contributed by atoms with Crippen molar-refractivity contribution in [1.82, 2.24) is 14.5 Å². The van der Waals surface area contributed by atoms with Crippen LogP contribution in [0.25, 0.3) is 11.0 Å². The van der Waals surface area contributed by atoms with E-state index in [4.69, 9.17) is 0 Å². The number of hydrogen-bond donors (Lipinski definition) is 0. The summed E-state index contributed by atoms with van der Waals surface area (Å²) >= 11 is 0. The minimum Gasteiger partial charge on any atom is -0.341 e. The monoisotopic (exact) mass is 401 g/mol. The van der Waals surface area contributed by atoms with Crippen molar-refractivity contribution in [3.63, 3.8) is 0 Å². The van der Waals surface area contributed by atoms with Crippen LogP contribution in [0.15, 0.2) is 59.8 Å². The normalized spacial score (nSPS) is 15.8. The standard InChI is InChI=1S/C20H20FN3O3S/c21-15-5-7-16(8-6-15)28(26,27)17-9-11-23(12-10-17)20(25)13-24-14-22-18-3-1-2-4-19(18)24/h1-8,14,17H,9-13H2. The third kappa shape index (κ3) is 3.52. The van der Waals surface area contributed by atoms with Gasteiger partial charge in [0.15, 0.2) is 9.84 Å². The maximum Gasteiger partial charge on any atom is 0.242 e. The first-order chi connectivity index (χ1) is 13.4. The molecular weight excluding hydrogens is 381 g/mol. The number of amides is 1. The minimum atomic E-state index is -3.53. The van der Waals surface area contributed by atoms with Crippen LogP contribution in [0.3, 0.4) is 0 Å². The Bertz CT molecular complexity index is 1100. The molecule has 0 radical (unpaired) electrons. The highest BCUT2D eigenvalue weighted by Gasteiger charge is 2.32. The number of fused-ring (bicyclic) bond motifs is 1. The largest absolute Gasteiger partial charge is 0.341 e. The van der Waals surface area contributed by atoms with E-state index in [1.807, 2.05) is 24.3 Å². The van der Waals surface area contributed by atoms with Crippen LogP contribution in [-0.4, -0.2) is 47.1 Å². The Hall–Kier alpha value is -2.74. The van der Waals surface area contributed by atoms with Crippen LogP contribution in [0.5, 0.6) is 0 Å². The molecule has 1 aromatic heterocycles. The predicted octanol–water partition coefficient (Wildman–Crippen LogP) is 2.64. The zero-order chi connectivity index (χ0) is 19.7. The highest BCUT2D eigenvalue weighted by molar-refractivity contribution is 7.92. The lowest BCUT2D eigenvalue weighted by Gasteiger charge is -2.32. The molecule has 8 heteroatoms. The Balaban J connectivity index is 1.41. The average molecular weight is 401 g/mol. The first kappa shape index (κ1) is 18.6. The molecule has 0 atom stereocenters. The SMILES string of the molecule is O=C(Cn1cnc2ccccc21)N1CCC(S(=O)(=O)c2ccc(F)cc2)CC1. The molecule has 1 aliphatic heterocycles. The Labute approximate surface area is 162 Å². The molecule has 0 spiro atoms. The lowest BCUT2D eigenvalue weighted by atomic mass is 10.1. The van der Waals surface area contributed by atoms with Crippen LogP contribution in [0, 0.1) is 5.82 Å². The van der Waals surface area contributed by atoms with Crippen LogP contribution in [0.4, 0.5) is 4.39 Å². The van der Waals surface area contributed by atoms with Crippen molar-refractivity contribution in [3.05, 3.63) is 60.7 Å². The molecule has 0 aliphatic carbocycles. The van der Waals surface area contributed by atoms with E-state index in [0.29, 0.717) is 25.9 Å². The summed E-state index contributed by atoms with van der Waals surface area (Å²) < 4.78 is 40.3. The second-order valence-electron chi connectivity index (χ2n) is 6.94. The van der Waals surface area contributed by atoms with Crippen molar-refractivity contribution in [2.45, 2.75) is 29.5 Å². The van der Waals surface area contributed by atoms with Crippen LogP contribution in [0.1, 0.15) is 12.8 Å². The number of nitrogens with zero attached hydrogens (tertiary/aromatic N) is 3. The molecule has 0 N–H and O–H groups in total. The molecule has 4 rings (SSSR count). The summed E-state index contributed by atoms with van der Waals surface area (Å²) in [5.74, 6) is -0.521. The van der Waals surface area contributed by atoms with Gasteiger partial charge in [-0.25, -0.2) is 17.8 Å². The summed E-state index contributed by atoms with van der Waals surface area (Å²) in [5, 5.41) is -0.559. The number of hydrogen-bond acceptors (Lipinski definition) is 4. The van der Waals surface area contributed by atoms with E-state index < -0.39 is 20.9 Å². The minimum absolute atomic E-state index is 0.0548. The summed E-state index contributed by atoms with van der Waals surface area (Å²) in [4.78, 5) is 18.8. The lowest BCUT2D eigenvalue weighted by molar-refractivity contribution is -0.132. The number of para-hydroxylation sites is 2. The van der Waals surface area contributed by atoms with E-state index >= 15 is 0 Å². The summed E-state index contributed by atoms with van der Waals surface area (Å²) in [5.41, 5.74) is 1.73. The number of imidazole rings is 1. The van der Waals surface area contributed by atoms with Gasteiger partial charge in [-0.1, -0.05) is 12.1 Å². The van der Waals surface area contributed by atoms with Gasteiger partial charge in [-0.15, -0.1) is 0 Å². The zero-order valence-corrected chi connectivity index (χ0v) is 16.0. The number of likely N-dealkylation sites (tertiary alicyclic amines) is 1. The van der Waals surface area contributed by atoms with E-state index in [1.165, 1.54) is 12.1 Å². The van der Waals surface area contributed by atoms with Crippen molar-refractivity contribution < 1.29 is 17.6 Å². The Kier molecular flexibility index (Phi) is 4.89. The summed E-state index contributed by atoms with van der Waals surface area (Å²) in [6.45, 7) is 0.947. The molecule has 1 aliphatic rings. The van der Waals surface area contributed by atoms with Crippen LogP contribution in [-0.2, 0) is 21.2 Å². The highest BCUT2D eigenvalue weighted by Crippen LogP contribution is 2.25. The average Bonchev–Trinajstić information content (AvgIpc) is 3.11. The molecule has 1 fully saturated rings. The van der Waals surface area contributed by atoms with Crippen molar-refractivity contribution in [3.8, 4) is 0 Å². The number of carbonyl (C=O) groups excluding carboxylic acids is 1. The fourth-order valence-corrected chi connectivity index (χ4v) is 5.35. The number of piperidine rings is 1. The van der Waals surface area contributed by atoms with Crippen LogP contribution in [0.2, 0.25) is 0 Å². The summed E-state index contributed by atoms with van der Waals surface area (Å²) in [7, 11) is -3.53. The van der Waals surface area contributed by atoms with Crippen LogP contribution < -0.4 is 0 Å². The molecule has 2 heterocycles. The number of benzene rings is 2. The molecule has 2 aromatic carbocycles. The predicted molar refractivity (Wildman–Crippen MR) is 103 cm³/mol. The third-order valence-corrected chi connectivity index (χ3v) is 7.49. The van der Waals surface area contributed by atoms with E-state index in [-0.39, 0.29) is 17.3 Å². The molecule has 28 heavy (non-hydrogen) atoms. The molecule has 3 aromatic rings. The second-order valence-corrected chi connectivity index (χ2v) is 9.17. The molecule has 0 bridgehead atoms. The maximum atomic E-state index is 13.1. The van der Waals surface area contributed by atoms with Gasteiger partial charge in [0.2, 0.25) is 5.91 Å². The molecule has 0 unspecified atom stereocenters. The number of sulfone groups is 1. The third-order valence-electron chi connectivity index (χ3n) is 5.21. The Morgan fingerprint density at radius 1 is 1.07 bits per heavy atom. The van der Waals surface area contributed by atoms with Crippen molar-refractivity contribution in [1.29, 1.82) is 0 Å².